The highest BCUT2D eigenvalue weighted by Crippen LogP contribution is 2.40. The van der Waals surface area contributed by atoms with Gasteiger partial charge in [0, 0.05) is 5.56 Å². The predicted molar refractivity (Wildman–Crippen MR) is 100 cm³/mol. The first kappa shape index (κ1) is 17.8. The van der Waals surface area contributed by atoms with Crippen molar-refractivity contribution in [2.45, 2.75) is 19.9 Å². The van der Waals surface area contributed by atoms with Crippen molar-refractivity contribution in [3.63, 3.8) is 0 Å². The highest BCUT2D eigenvalue weighted by Gasteiger charge is 2.25. The molecule has 0 bridgehead atoms. The van der Waals surface area contributed by atoms with Gasteiger partial charge in [-0.25, -0.2) is 0 Å². The van der Waals surface area contributed by atoms with Crippen molar-refractivity contribution in [1.82, 2.24) is 5.32 Å². The van der Waals surface area contributed by atoms with E-state index in [1.165, 1.54) is 0 Å². The van der Waals surface area contributed by atoms with Crippen molar-refractivity contribution in [3.05, 3.63) is 46.5 Å². The first-order chi connectivity index (χ1) is 13.0. The number of hydrogen-bond acceptors (Lipinski definition) is 5. The molecule has 0 radical (unpaired) electrons. The largest absolute Gasteiger partial charge is 0.486 e. The molecule has 0 aromatic heterocycles. The molecule has 2 aromatic carbocycles. The van der Waals surface area contributed by atoms with Crippen LogP contribution in [0.4, 0.5) is 0 Å². The number of rotatable bonds is 4. The van der Waals surface area contributed by atoms with E-state index in [1.807, 2.05) is 32.0 Å². The van der Waals surface area contributed by atoms with Crippen LogP contribution in [0, 0.1) is 5.92 Å². The van der Waals surface area contributed by atoms with E-state index in [1.54, 1.807) is 12.1 Å². The van der Waals surface area contributed by atoms with Crippen LogP contribution in [0.25, 0.3) is 0 Å². The fourth-order valence-electron chi connectivity index (χ4n) is 3.21. The van der Waals surface area contributed by atoms with E-state index in [4.69, 9.17) is 30.5 Å². The summed E-state index contributed by atoms with van der Waals surface area (Å²) in [5, 5.41) is 3.44. The Kier molecular flexibility index (Phi) is 4.74. The lowest BCUT2D eigenvalue weighted by Gasteiger charge is -2.25. The van der Waals surface area contributed by atoms with Gasteiger partial charge in [0.2, 0.25) is 6.79 Å². The van der Waals surface area contributed by atoms with Gasteiger partial charge in [0.1, 0.15) is 13.2 Å². The zero-order chi connectivity index (χ0) is 19.0. The Hall–Kier alpha value is -2.60. The highest BCUT2D eigenvalue weighted by atomic mass is 35.5. The van der Waals surface area contributed by atoms with Crippen molar-refractivity contribution in [1.29, 1.82) is 0 Å². The minimum Gasteiger partial charge on any atom is -0.486 e. The second-order valence-corrected chi connectivity index (χ2v) is 7.20. The fourth-order valence-corrected chi connectivity index (χ4v) is 3.48. The molecule has 0 fully saturated rings. The Labute approximate surface area is 162 Å². The fraction of sp³-hybridized carbons (Fsp3) is 0.350. The van der Waals surface area contributed by atoms with Gasteiger partial charge in [0.05, 0.1) is 11.1 Å². The highest BCUT2D eigenvalue weighted by molar-refractivity contribution is 6.32. The maximum atomic E-state index is 12.9. The van der Waals surface area contributed by atoms with Crippen molar-refractivity contribution in [2.75, 3.05) is 20.0 Å². The molecule has 0 spiro atoms. The molecular formula is C20H20ClNO5. The van der Waals surface area contributed by atoms with Crippen molar-refractivity contribution in [3.8, 4) is 23.0 Å². The van der Waals surface area contributed by atoms with E-state index in [9.17, 15) is 4.79 Å². The Morgan fingerprint density at radius 1 is 1.00 bits per heavy atom. The van der Waals surface area contributed by atoms with Crippen LogP contribution in [-0.2, 0) is 0 Å². The standard InChI is InChI=1S/C20H20ClNO5/c1-11(2)18(12-3-4-15-16(8-12)25-6-5-24-15)22-20(23)13-7-14(21)19-17(9-13)26-10-27-19/h3-4,7-9,11,18H,5-6,10H2,1-2H3,(H,22,23). The van der Waals surface area contributed by atoms with Crippen LogP contribution < -0.4 is 24.3 Å². The molecule has 7 heteroatoms. The number of carbonyl (C=O) groups is 1. The minimum absolute atomic E-state index is 0.103. The molecule has 6 nitrogen and oxygen atoms in total. The van der Waals surface area contributed by atoms with Crippen LogP contribution in [0.2, 0.25) is 5.02 Å². The third-order valence-corrected chi connectivity index (χ3v) is 4.85. The number of benzene rings is 2. The Morgan fingerprint density at radius 3 is 2.56 bits per heavy atom. The number of nitrogens with one attached hydrogen (secondary N) is 1. The van der Waals surface area contributed by atoms with E-state index >= 15 is 0 Å². The van der Waals surface area contributed by atoms with E-state index in [0.717, 1.165) is 11.3 Å². The molecule has 4 rings (SSSR count). The van der Waals surface area contributed by atoms with Gasteiger partial charge < -0.3 is 24.3 Å². The van der Waals surface area contributed by atoms with Gasteiger partial charge in [-0.15, -0.1) is 0 Å². The molecule has 2 aromatic rings. The first-order valence-electron chi connectivity index (χ1n) is 8.82. The van der Waals surface area contributed by atoms with Gasteiger partial charge >= 0.3 is 0 Å². The molecule has 2 heterocycles. The smallest absolute Gasteiger partial charge is 0.251 e. The van der Waals surface area contributed by atoms with Crippen molar-refractivity contribution in [2.24, 2.45) is 5.92 Å². The lowest BCUT2D eigenvalue weighted by atomic mass is 9.95. The van der Waals surface area contributed by atoms with Gasteiger partial charge in [0.25, 0.3) is 5.91 Å². The number of ether oxygens (including phenoxy) is 4. The van der Waals surface area contributed by atoms with Gasteiger partial charge in [-0.3, -0.25) is 4.79 Å². The number of hydrogen-bond donors (Lipinski definition) is 1. The Morgan fingerprint density at radius 2 is 1.78 bits per heavy atom. The van der Waals surface area contributed by atoms with Crippen LogP contribution in [0.1, 0.15) is 35.8 Å². The van der Waals surface area contributed by atoms with Crippen molar-refractivity contribution < 1.29 is 23.7 Å². The summed E-state index contributed by atoms with van der Waals surface area (Å²) in [6.45, 7) is 5.26. The van der Waals surface area contributed by atoms with Gasteiger partial charge in [-0.05, 0) is 35.7 Å². The monoisotopic (exact) mass is 389 g/mol. The van der Waals surface area contributed by atoms with Crippen LogP contribution in [-0.4, -0.2) is 25.9 Å². The molecule has 142 valence electrons. The third kappa shape index (κ3) is 3.49. The zero-order valence-electron chi connectivity index (χ0n) is 15.1. The average molecular weight is 390 g/mol. The first-order valence-corrected chi connectivity index (χ1v) is 9.20. The second-order valence-electron chi connectivity index (χ2n) is 6.79. The lowest BCUT2D eigenvalue weighted by molar-refractivity contribution is 0.0925. The third-order valence-electron chi connectivity index (χ3n) is 4.57. The summed E-state index contributed by atoms with van der Waals surface area (Å²) in [4.78, 5) is 12.9. The number of fused-ring (bicyclic) bond motifs is 2. The summed E-state index contributed by atoms with van der Waals surface area (Å²) >= 11 is 6.20. The second kappa shape index (κ2) is 7.19. The summed E-state index contributed by atoms with van der Waals surface area (Å²) in [5.74, 6) is 2.31. The Balaban J connectivity index is 1.59. The molecule has 0 aliphatic carbocycles. The summed E-state index contributed by atoms with van der Waals surface area (Å²) in [6.07, 6.45) is 0. The maximum Gasteiger partial charge on any atom is 0.251 e. The van der Waals surface area contributed by atoms with E-state index in [-0.39, 0.29) is 24.7 Å². The number of carbonyl (C=O) groups excluding carboxylic acids is 1. The van der Waals surface area contributed by atoms with Crippen LogP contribution in [0.3, 0.4) is 0 Å². The van der Waals surface area contributed by atoms with Crippen LogP contribution >= 0.6 is 11.6 Å². The van der Waals surface area contributed by atoms with Gasteiger partial charge in [-0.1, -0.05) is 31.5 Å². The molecule has 0 saturated heterocycles. The molecule has 27 heavy (non-hydrogen) atoms. The number of amides is 1. The van der Waals surface area contributed by atoms with E-state index < -0.39 is 0 Å². The van der Waals surface area contributed by atoms with Gasteiger partial charge in [0.15, 0.2) is 23.0 Å². The normalized spacial score (nSPS) is 15.6. The quantitative estimate of drug-likeness (QED) is 0.857. The molecule has 1 amide bonds. The molecular weight excluding hydrogens is 370 g/mol. The van der Waals surface area contributed by atoms with Crippen LogP contribution in [0.5, 0.6) is 23.0 Å². The topological polar surface area (TPSA) is 66.0 Å². The van der Waals surface area contributed by atoms with E-state index in [0.29, 0.717) is 41.0 Å². The van der Waals surface area contributed by atoms with Gasteiger partial charge in [-0.2, -0.15) is 0 Å². The number of halogens is 1. The Bertz CT molecular complexity index is 883. The summed E-state index contributed by atoms with van der Waals surface area (Å²) in [5.41, 5.74) is 1.38. The zero-order valence-corrected chi connectivity index (χ0v) is 15.8. The SMILES string of the molecule is CC(C)C(NC(=O)c1cc(Cl)c2c(c1)OCO2)c1ccc2c(c1)OCCO2. The molecule has 2 aliphatic heterocycles. The van der Waals surface area contributed by atoms with E-state index in [2.05, 4.69) is 5.32 Å². The molecule has 1 N–H and O–H groups in total. The van der Waals surface area contributed by atoms with Crippen molar-refractivity contribution >= 4 is 17.5 Å². The predicted octanol–water partition coefficient (Wildman–Crippen LogP) is 3.97. The average Bonchev–Trinajstić information content (AvgIpc) is 3.14. The maximum absolute atomic E-state index is 12.9. The molecule has 1 atom stereocenters. The minimum atomic E-state index is -0.233. The van der Waals surface area contributed by atoms with Crippen LogP contribution in [0.15, 0.2) is 30.3 Å². The molecule has 2 aliphatic rings. The lowest BCUT2D eigenvalue weighted by Crippen LogP contribution is -2.32. The summed E-state index contributed by atoms with van der Waals surface area (Å²) in [7, 11) is 0. The molecule has 1 unspecified atom stereocenters. The summed E-state index contributed by atoms with van der Waals surface area (Å²) in [6, 6.07) is 8.79. The summed E-state index contributed by atoms with van der Waals surface area (Å²) < 4.78 is 21.9. The molecule has 0 saturated carbocycles.